The Morgan fingerprint density at radius 1 is 1.22 bits per heavy atom. The summed E-state index contributed by atoms with van der Waals surface area (Å²) in [5.74, 6) is 0.277. The lowest BCUT2D eigenvalue weighted by molar-refractivity contribution is 0.0602. The lowest BCUT2D eigenvalue weighted by Crippen LogP contribution is -2.45. The Morgan fingerprint density at radius 3 is 2.66 bits per heavy atom. The molecule has 0 aliphatic carbocycles. The summed E-state index contributed by atoms with van der Waals surface area (Å²) in [5, 5.41) is 7.35. The normalized spacial score (nSPS) is 14.9. The average Bonchev–Trinajstić information content (AvgIpc) is 2.81. The van der Waals surface area contributed by atoms with E-state index >= 15 is 0 Å². The second-order valence-electron chi connectivity index (χ2n) is 8.17. The van der Waals surface area contributed by atoms with E-state index in [1.165, 1.54) is 7.11 Å². The van der Waals surface area contributed by atoms with Crippen molar-refractivity contribution < 1.29 is 9.53 Å². The molecule has 0 saturated carbocycles. The van der Waals surface area contributed by atoms with E-state index in [4.69, 9.17) is 9.72 Å². The SMILES string of the molecule is COC(=O)c1ccccc1NC(C)c1cc(C)cc2c(=O)n(C)c(N3CCNCC3)nc12. The Labute approximate surface area is 187 Å². The van der Waals surface area contributed by atoms with Crippen LogP contribution in [-0.2, 0) is 11.8 Å². The topological polar surface area (TPSA) is 88.5 Å². The van der Waals surface area contributed by atoms with Crippen LogP contribution in [0.25, 0.3) is 10.9 Å². The zero-order valence-electron chi connectivity index (χ0n) is 18.9. The molecule has 168 valence electrons. The van der Waals surface area contributed by atoms with E-state index in [-0.39, 0.29) is 11.6 Å². The van der Waals surface area contributed by atoms with Crippen LogP contribution in [0.3, 0.4) is 0 Å². The predicted octanol–water partition coefficient (Wildman–Crippen LogP) is 2.61. The number of hydrogen-bond acceptors (Lipinski definition) is 7. The van der Waals surface area contributed by atoms with Crippen molar-refractivity contribution >= 4 is 28.5 Å². The van der Waals surface area contributed by atoms with Gasteiger partial charge in [0.1, 0.15) is 0 Å². The van der Waals surface area contributed by atoms with E-state index in [0.717, 1.165) is 37.3 Å². The minimum atomic E-state index is -0.401. The maximum atomic E-state index is 13.3. The standard InChI is InChI=1S/C24H29N5O3/c1-15-13-18(16(2)26-20-8-6-5-7-17(20)23(31)32-4)21-19(14-15)22(30)28(3)24(27-21)29-11-9-25-10-12-29/h5-8,13-14,16,25-26H,9-12H2,1-4H3. The molecule has 0 bridgehead atoms. The quantitative estimate of drug-likeness (QED) is 0.596. The molecule has 2 aromatic carbocycles. The van der Waals surface area contributed by atoms with Gasteiger partial charge in [-0.3, -0.25) is 9.36 Å². The number of aromatic nitrogens is 2. The van der Waals surface area contributed by atoms with Crippen molar-refractivity contribution in [3.8, 4) is 0 Å². The second-order valence-corrected chi connectivity index (χ2v) is 8.17. The predicted molar refractivity (Wildman–Crippen MR) is 127 cm³/mol. The Hall–Kier alpha value is -3.39. The van der Waals surface area contributed by atoms with Crippen molar-refractivity contribution in [2.75, 3.05) is 43.5 Å². The third-order valence-electron chi connectivity index (χ3n) is 5.90. The van der Waals surface area contributed by atoms with Crippen molar-refractivity contribution in [1.29, 1.82) is 0 Å². The van der Waals surface area contributed by atoms with Gasteiger partial charge in [0.15, 0.2) is 0 Å². The van der Waals surface area contributed by atoms with Crippen molar-refractivity contribution in [2.24, 2.45) is 7.05 Å². The summed E-state index contributed by atoms with van der Waals surface area (Å²) < 4.78 is 6.56. The molecule has 2 N–H and O–H groups in total. The first kappa shape index (κ1) is 21.8. The first-order valence-electron chi connectivity index (χ1n) is 10.8. The van der Waals surface area contributed by atoms with Crippen LogP contribution in [0, 0.1) is 6.92 Å². The number of carbonyl (C=O) groups excluding carboxylic acids is 1. The highest BCUT2D eigenvalue weighted by Gasteiger charge is 2.21. The highest BCUT2D eigenvalue weighted by Crippen LogP contribution is 2.29. The van der Waals surface area contributed by atoms with E-state index in [9.17, 15) is 9.59 Å². The third-order valence-corrected chi connectivity index (χ3v) is 5.90. The van der Waals surface area contributed by atoms with Crippen LogP contribution in [0.2, 0.25) is 0 Å². The number of benzene rings is 2. The molecule has 2 heterocycles. The zero-order valence-corrected chi connectivity index (χ0v) is 18.9. The highest BCUT2D eigenvalue weighted by molar-refractivity contribution is 5.95. The van der Waals surface area contributed by atoms with E-state index in [1.54, 1.807) is 23.7 Å². The molecule has 3 aromatic rings. The van der Waals surface area contributed by atoms with Gasteiger partial charge < -0.3 is 20.3 Å². The molecule has 4 rings (SSSR count). The van der Waals surface area contributed by atoms with Gasteiger partial charge in [0, 0.05) is 44.5 Å². The lowest BCUT2D eigenvalue weighted by Gasteiger charge is -2.30. The fourth-order valence-corrected chi connectivity index (χ4v) is 4.23. The first-order chi connectivity index (χ1) is 15.4. The number of methoxy groups -OCH3 is 1. The summed E-state index contributed by atoms with van der Waals surface area (Å²) >= 11 is 0. The molecular formula is C24H29N5O3. The molecule has 0 spiro atoms. The molecule has 8 heteroatoms. The number of hydrogen-bond donors (Lipinski definition) is 2. The largest absolute Gasteiger partial charge is 0.465 e. The van der Waals surface area contributed by atoms with Gasteiger partial charge in [0.2, 0.25) is 5.95 Å². The monoisotopic (exact) mass is 435 g/mol. The van der Waals surface area contributed by atoms with Gasteiger partial charge in [-0.1, -0.05) is 18.2 Å². The van der Waals surface area contributed by atoms with Crippen LogP contribution in [-0.4, -0.2) is 48.8 Å². The highest BCUT2D eigenvalue weighted by atomic mass is 16.5. The number of ether oxygens (including phenoxy) is 1. The number of nitrogens with zero attached hydrogens (tertiary/aromatic N) is 3. The van der Waals surface area contributed by atoms with Gasteiger partial charge in [0.25, 0.3) is 5.56 Å². The van der Waals surface area contributed by atoms with E-state index in [0.29, 0.717) is 28.1 Å². The van der Waals surface area contributed by atoms with E-state index < -0.39 is 5.97 Å². The molecule has 32 heavy (non-hydrogen) atoms. The summed E-state index contributed by atoms with van der Waals surface area (Å²) in [6.45, 7) is 7.29. The van der Waals surface area contributed by atoms with Gasteiger partial charge in [-0.15, -0.1) is 0 Å². The van der Waals surface area contributed by atoms with Gasteiger partial charge in [-0.25, -0.2) is 9.78 Å². The Kier molecular flexibility index (Phi) is 6.14. The van der Waals surface area contributed by atoms with Gasteiger partial charge >= 0.3 is 5.97 Å². The molecule has 1 saturated heterocycles. The average molecular weight is 436 g/mol. The zero-order chi connectivity index (χ0) is 22.8. The fraction of sp³-hybridized carbons (Fsp3) is 0.375. The van der Waals surface area contributed by atoms with Crippen molar-refractivity contribution in [3.63, 3.8) is 0 Å². The molecule has 1 aliphatic heterocycles. The van der Waals surface area contributed by atoms with Crippen LogP contribution in [0.4, 0.5) is 11.6 Å². The summed E-state index contributed by atoms with van der Waals surface area (Å²) in [4.78, 5) is 32.6. The van der Waals surface area contributed by atoms with E-state index in [1.807, 2.05) is 32.0 Å². The van der Waals surface area contributed by atoms with Crippen molar-refractivity contribution in [1.82, 2.24) is 14.9 Å². The van der Waals surface area contributed by atoms with Crippen LogP contribution < -0.4 is 21.1 Å². The maximum Gasteiger partial charge on any atom is 0.339 e. The second kappa shape index (κ2) is 9.00. The van der Waals surface area contributed by atoms with Crippen LogP contribution >= 0.6 is 0 Å². The molecule has 1 aliphatic rings. The number of rotatable bonds is 5. The Bertz CT molecular complexity index is 1210. The Morgan fingerprint density at radius 2 is 1.94 bits per heavy atom. The minimum Gasteiger partial charge on any atom is -0.465 e. The summed E-state index contributed by atoms with van der Waals surface area (Å²) in [6.07, 6.45) is 0. The van der Waals surface area contributed by atoms with Gasteiger partial charge in [0.05, 0.1) is 29.6 Å². The molecule has 1 aromatic heterocycles. The molecule has 1 atom stereocenters. The number of piperazine rings is 1. The maximum absolute atomic E-state index is 13.3. The lowest BCUT2D eigenvalue weighted by atomic mass is 10.0. The fourth-order valence-electron chi connectivity index (χ4n) is 4.23. The van der Waals surface area contributed by atoms with E-state index in [2.05, 4.69) is 21.6 Å². The number of anilines is 2. The van der Waals surface area contributed by atoms with Crippen LogP contribution in [0.5, 0.6) is 0 Å². The third kappa shape index (κ3) is 4.05. The number of esters is 1. The molecule has 0 radical (unpaired) electrons. The molecule has 8 nitrogen and oxygen atoms in total. The first-order valence-corrected chi connectivity index (χ1v) is 10.8. The summed E-state index contributed by atoms with van der Waals surface area (Å²) in [5.41, 5.74) is 3.65. The molecular weight excluding hydrogens is 406 g/mol. The van der Waals surface area contributed by atoms with Crippen LogP contribution in [0.15, 0.2) is 41.2 Å². The number of carbonyl (C=O) groups is 1. The number of para-hydroxylation sites is 1. The molecule has 1 fully saturated rings. The number of aryl methyl sites for hydroxylation is 1. The number of nitrogens with one attached hydrogen (secondary N) is 2. The summed E-state index contributed by atoms with van der Waals surface area (Å²) in [7, 11) is 3.15. The van der Waals surface area contributed by atoms with Crippen molar-refractivity contribution in [3.05, 3.63) is 63.4 Å². The molecule has 0 amide bonds. The smallest absolute Gasteiger partial charge is 0.339 e. The van der Waals surface area contributed by atoms with Crippen LogP contribution in [0.1, 0.15) is 34.5 Å². The minimum absolute atomic E-state index is 0.0596. The summed E-state index contributed by atoms with van der Waals surface area (Å²) in [6, 6.07) is 11.0. The van der Waals surface area contributed by atoms with Gasteiger partial charge in [-0.05, 0) is 37.6 Å². The number of fused-ring (bicyclic) bond motifs is 1. The van der Waals surface area contributed by atoms with Gasteiger partial charge in [-0.2, -0.15) is 0 Å². The molecule has 1 unspecified atom stereocenters. The van der Waals surface area contributed by atoms with Crippen molar-refractivity contribution in [2.45, 2.75) is 19.9 Å². The Balaban J connectivity index is 1.81.